The summed E-state index contributed by atoms with van der Waals surface area (Å²) in [4.78, 5) is 40.0. The predicted octanol–water partition coefficient (Wildman–Crippen LogP) is 2.06. The first-order valence-corrected chi connectivity index (χ1v) is 10.3. The van der Waals surface area contributed by atoms with Gasteiger partial charge in [-0.3, -0.25) is 14.9 Å². The Morgan fingerprint density at radius 2 is 1.93 bits per heavy atom. The van der Waals surface area contributed by atoms with Gasteiger partial charge in [0.2, 0.25) is 0 Å². The smallest absolute Gasteiger partial charge is 0.410 e. The van der Waals surface area contributed by atoms with E-state index in [1.165, 1.54) is 0 Å². The maximum Gasteiger partial charge on any atom is 0.410 e. The van der Waals surface area contributed by atoms with Gasteiger partial charge in [0.05, 0.1) is 17.6 Å². The molecule has 0 aromatic carbocycles. The molecular formula is C21H35N3O4. The summed E-state index contributed by atoms with van der Waals surface area (Å²) < 4.78 is 5.32. The lowest BCUT2D eigenvalue weighted by molar-refractivity contribution is -0.129. The van der Waals surface area contributed by atoms with E-state index in [4.69, 9.17) is 4.74 Å². The zero-order valence-corrected chi connectivity index (χ0v) is 17.8. The number of rotatable bonds is 4. The zero-order chi connectivity index (χ0) is 20.9. The van der Waals surface area contributed by atoms with Crippen molar-refractivity contribution >= 4 is 17.7 Å². The van der Waals surface area contributed by atoms with Gasteiger partial charge in [0.25, 0.3) is 0 Å². The van der Waals surface area contributed by atoms with Crippen molar-refractivity contribution in [3.8, 4) is 0 Å². The van der Waals surface area contributed by atoms with E-state index >= 15 is 0 Å². The van der Waals surface area contributed by atoms with Gasteiger partial charge >= 0.3 is 6.09 Å². The number of amides is 1. The van der Waals surface area contributed by atoms with Gasteiger partial charge < -0.3 is 15.0 Å². The number of hydrogen-bond donors (Lipinski definition) is 2. The van der Waals surface area contributed by atoms with Gasteiger partial charge in [-0.05, 0) is 40.0 Å². The van der Waals surface area contributed by atoms with E-state index in [2.05, 4.69) is 10.6 Å². The average molecular weight is 394 g/mol. The highest BCUT2D eigenvalue weighted by Crippen LogP contribution is 2.25. The molecule has 0 aromatic rings. The van der Waals surface area contributed by atoms with Crippen LogP contribution in [0.25, 0.3) is 0 Å². The molecule has 0 saturated carbocycles. The Morgan fingerprint density at radius 3 is 2.57 bits per heavy atom. The van der Waals surface area contributed by atoms with Crippen LogP contribution in [0.15, 0.2) is 12.2 Å². The highest BCUT2D eigenvalue weighted by molar-refractivity contribution is 5.94. The molecule has 2 N–H and O–H groups in total. The predicted molar refractivity (Wildman–Crippen MR) is 108 cm³/mol. The van der Waals surface area contributed by atoms with Crippen LogP contribution in [0.4, 0.5) is 4.79 Å². The monoisotopic (exact) mass is 393 g/mol. The molecule has 2 heterocycles. The van der Waals surface area contributed by atoms with Gasteiger partial charge in [-0.15, -0.1) is 0 Å². The largest absolute Gasteiger partial charge is 0.445 e. The van der Waals surface area contributed by atoms with Crippen molar-refractivity contribution in [2.75, 3.05) is 26.2 Å². The topological polar surface area (TPSA) is 87.7 Å². The third kappa shape index (κ3) is 5.20. The molecule has 2 rings (SSSR count). The van der Waals surface area contributed by atoms with E-state index in [1.54, 1.807) is 4.90 Å². The SMILES string of the molecule is CC(C)NC12CCN(C1)C(=O)OCC=CCCC(C)(C(=O)C(C)C)NCC2=O. The number of nitrogens with one attached hydrogen (secondary N) is 2. The van der Waals surface area contributed by atoms with Gasteiger partial charge in [-0.2, -0.15) is 0 Å². The molecular weight excluding hydrogens is 358 g/mol. The number of carbonyl (C=O) groups excluding carboxylic acids is 3. The van der Waals surface area contributed by atoms with Gasteiger partial charge in [0.15, 0.2) is 11.6 Å². The molecule has 28 heavy (non-hydrogen) atoms. The molecule has 2 aliphatic rings. The van der Waals surface area contributed by atoms with Gasteiger partial charge in [-0.1, -0.05) is 26.0 Å². The number of fused-ring (bicyclic) bond motifs is 2. The van der Waals surface area contributed by atoms with E-state index in [0.717, 1.165) is 0 Å². The number of allylic oxidation sites excluding steroid dienone is 1. The second kappa shape index (κ2) is 9.18. The molecule has 0 aliphatic carbocycles. The Morgan fingerprint density at radius 1 is 1.21 bits per heavy atom. The molecule has 2 atom stereocenters. The number of ether oxygens (including phenoxy) is 1. The Balaban J connectivity index is 2.30. The fraction of sp³-hybridized carbons (Fsp3) is 0.762. The minimum atomic E-state index is -0.818. The Bertz CT molecular complexity index is 631. The van der Waals surface area contributed by atoms with Crippen molar-refractivity contribution in [2.24, 2.45) is 5.92 Å². The number of carbonyl (C=O) groups is 3. The Labute approximate surface area is 168 Å². The summed E-state index contributed by atoms with van der Waals surface area (Å²) in [6, 6.07) is 0.0883. The van der Waals surface area contributed by atoms with E-state index in [1.807, 2.05) is 46.8 Å². The first kappa shape index (κ1) is 22.6. The summed E-state index contributed by atoms with van der Waals surface area (Å²) in [5.74, 6) is -0.0424. The van der Waals surface area contributed by atoms with Crippen LogP contribution in [0.5, 0.6) is 0 Å². The van der Waals surface area contributed by atoms with Crippen molar-refractivity contribution in [1.82, 2.24) is 15.5 Å². The normalized spacial score (nSPS) is 29.9. The lowest BCUT2D eigenvalue weighted by Gasteiger charge is -2.35. The van der Waals surface area contributed by atoms with Crippen LogP contribution in [-0.4, -0.2) is 65.9 Å². The van der Waals surface area contributed by atoms with Crippen molar-refractivity contribution in [3.63, 3.8) is 0 Å². The van der Waals surface area contributed by atoms with Gasteiger partial charge in [-0.25, -0.2) is 4.79 Å². The second-order valence-electron chi connectivity index (χ2n) is 8.77. The van der Waals surface area contributed by atoms with E-state index in [9.17, 15) is 14.4 Å². The molecule has 1 fully saturated rings. The molecule has 2 unspecified atom stereocenters. The lowest BCUT2D eigenvalue weighted by Crippen LogP contribution is -2.61. The van der Waals surface area contributed by atoms with Crippen LogP contribution < -0.4 is 10.6 Å². The summed E-state index contributed by atoms with van der Waals surface area (Å²) in [7, 11) is 0. The van der Waals surface area contributed by atoms with Crippen LogP contribution in [-0.2, 0) is 14.3 Å². The molecule has 1 saturated heterocycles. The van der Waals surface area contributed by atoms with Crippen molar-refractivity contribution in [2.45, 2.75) is 71.0 Å². The minimum Gasteiger partial charge on any atom is -0.445 e. The summed E-state index contributed by atoms with van der Waals surface area (Å²) in [5, 5.41) is 6.64. The quantitative estimate of drug-likeness (QED) is 0.711. The molecule has 7 nitrogen and oxygen atoms in total. The van der Waals surface area contributed by atoms with Crippen LogP contribution >= 0.6 is 0 Å². The van der Waals surface area contributed by atoms with E-state index in [-0.39, 0.29) is 43.2 Å². The average Bonchev–Trinajstić information content (AvgIpc) is 3.05. The molecule has 0 spiro atoms. The van der Waals surface area contributed by atoms with Crippen LogP contribution in [0, 0.1) is 5.92 Å². The summed E-state index contributed by atoms with van der Waals surface area (Å²) >= 11 is 0. The molecule has 0 aromatic heterocycles. The van der Waals surface area contributed by atoms with Crippen molar-refractivity contribution in [3.05, 3.63) is 12.2 Å². The summed E-state index contributed by atoms with van der Waals surface area (Å²) in [6.07, 6.45) is 5.11. The van der Waals surface area contributed by atoms with Crippen LogP contribution in [0.3, 0.4) is 0 Å². The van der Waals surface area contributed by atoms with Crippen molar-refractivity contribution in [1.29, 1.82) is 0 Å². The number of ketones is 2. The third-order valence-corrected chi connectivity index (χ3v) is 5.61. The number of Topliss-reactive ketones (excluding diaryl/α,β-unsaturated/α-hetero) is 2. The standard InChI is InChI=1S/C21H35N3O4/c1-15(2)18(26)20(5)9-7-6-8-12-28-19(27)24-11-10-21(14-24,23-16(3)4)17(25)13-22-20/h6,8,15-16,22-23H,7,9-14H2,1-5H3. The van der Waals surface area contributed by atoms with Crippen LogP contribution in [0.1, 0.15) is 53.9 Å². The second-order valence-corrected chi connectivity index (χ2v) is 8.77. The molecule has 1 amide bonds. The maximum absolute atomic E-state index is 13.3. The molecule has 158 valence electrons. The number of cyclic esters (lactones) is 1. The zero-order valence-electron chi connectivity index (χ0n) is 17.8. The molecule has 2 aliphatic heterocycles. The van der Waals surface area contributed by atoms with Crippen molar-refractivity contribution < 1.29 is 19.1 Å². The molecule has 7 heteroatoms. The lowest BCUT2D eigenvalue weighted by atomic mass is 9.84. The Kier molecular flexibility index (Phi) is 7.39. The third-order valence-electron chi connectivity index (χ3n) is 5.61. The maximum atomic E-state index is 13.3. The van der Waals surface area contributed by atoms with E-state index < -0.39 is 17.2 Å². The molecule has 2 bridgehead atoms. The van der Waals surface area contributed by atoms with Gasteiger partial charge in [0, 0.05) is 25.0 Å². The number of nitrogens with zero attached hydrogens (tertiary/aromatic N) is 1. The summed E-state index contributed by atoms with van der Waals surface area (Å²) in [5.41, 5.74) is -1.59. The summed E-state index contributed by atoms with van der Waals surface area (Å²) in [6.45, 7) is 10.6. The van der Waals surface area contributed by atoms with Crippen LogP contribution in [0.2, 0.25) is 0 Å². The Hall–Kier alpha value is -1.73. The first-order valence-electron chi connectivity index (χ1n) is 10.3. The number of hydrogen-bond acceptors (Lipinski definition) is 6. The first-order chi connectivity index (χ1) is 13.1. The fourth-order valence-electron chi connectivity index (χ4n) is 4.09. The highest BCUT2D eigenvalue weighted by atomic mass is 16.6. The highest BCUT2D eigenvalue weighted by Gasteiger charge is 2.47. The van der Waals surface area contributed by atoms with E-state index in [0.29, 0.717) is 25.8 Å². The molecule has 0 radical (unpaired) electrons. The minimum absolute atomic E-state index is 0.0214. The fourth-order valence-corrected chi connectivity index (χ4v) is 4.09. The van der Waals surface area contributed by atoms with Gasteiger partial charge in [0.1, 0.15) is 6.61 Å².